The Bertz CT molecular complexity index is 370. The lowest BCUT2D eigenvalue weighted by Gasteiger charge is -2.12. The Morgan fingerprint density at radius 2 is 1.86 bits per heavy atom. The maximum Gasteiger partial charge on any atom is 0.417 e. The molecule has 0 heterocycles. The van der Waals surface area contributed by atoms with Gasteiger partial charge in [0, 0.05) is 5.56 Å². The molecule has 0 N–H and O–H groups in total. The first-order chi connectivity index (χ1) is 6.32. The van der Waals surface area contributed by atoms with E-state index in [1.165, 1.54) is 0 Å². The number of aromatic carboxylic acids is 1. The van der Waals surface area contributed by atoms with Crippen molar-refractivity contribution in [1.82, 2.24) is 0 Å². The summed E-state index contributed by atoms with van der Waals surface area (Å²) in [6.07, 6.45) is -4.83. The molecule has 0 radical (unpaired) electrons. The predicted octanol–water partition coefficient (Wildman–Crippen LogP) is 1.21. The van der Waals surface area contributed by atoms with Crippen LogP contribution in [0.1, 0.15) is 15.9 Å². The Morgan fingerprint density at radius 3 is 2.29 bits per heavy atom. The van der Waals surface area contributed by atoms with Crippen LogP contribution in [-0.2, 0) is 6.18 Å². The molecule has 0 atom stereocenters. The van der Waals surface area contributed by atoms with Crippen LogP contribution >= 0.6 is 0 Å². The van der Waals surface area contributed by atoms with Crippen LogP contribution in [0.25, 0.3) is 0 Å². The lowest BCUT2D eigenvalue weighted by Crippen LogP contribution is -2.26. The molecule has 0 amide bonds. The van der Waals surface area contributed by atoms with E-state index in [1.807, 2.05) is 0 Å². The number of carboxylic acid groups (broad SMARTS) is 1. The molecule has 0 aliphatic rings. The van der Waals surface area contributed by atoms with Gasteiger partial charge in [0.05, 0.1) is 11.5 Å². The molecule has 0 saturated carbocycles. The highest BCUT2D eigenvalue weighted by atomic mass is 19.4. The fourth-order valence-electron chi connectivity index (χ4n) is 0.933. The second-order valence-electron chi connectivity index (χ2n) is 2.48. The van der Waals surface area contributed by atoms with Crippen molar-refractivity contribution in [3.63, 3.8) is 0 Å². The fourth-order valence-corrected chi connectivity index (χ4v) is 0.933. The Hall–Kier alpha value is -1.59. The molecule has 0 unspecified atom stereocenters. The lowest BCUT2D eigenvalue weighted by molar-refractivity contribution is -0.255. The predicted molar refractivity (Wildman–Crippen MR) is 35.7 cm³/mol. The van der Waals surface area contributed by atoms with Crippen molar-refractivity contribution in [1.29, 1.82) is 0 Å². The number of alkyl halides is 3. The number of hydrogen-bond donors (Lipinski definition) is 0. The smallest absolute Gasteiger partial charge is 0.417 e. The zero-order valence-electron chi connectivity index (χ0n) is 6.56. The summed E-state index contributed by atoms with van der Waals surface area (Å²) in [5, 5.41) is 10.2. The third-order valence-electron chi connectivity index (χ3n) is 1.51. The molecule has 0 saturated heterocycles. The molecule has 0 fully saturated rings. The third-order valence-corrected chi connectivity index (χ3v) is 1.51. The molecule has 1 rings (SSSR count). The van der Waals surface area contributed by atoms with E-state index < -0.39 is 29.1 Å². The van der Waals surface area contributed by atoms with Gasteiger partial charge in [-0.3, -0.25) is 0 Å². The van der Waals surface area contributed by atoms with Crippen LogP contribution in [0.3, 0.4) is 0 Å². The zero-order chi connectivity index (χ0) is 10.9. The average Bonchev–Trinajstić information content (AvgIpc) is 2.01. The highest BCUT2D eigenvalue weighted by molar-refractivity contribution is 5.87. The number of carboxylic acids is 1. The maximum atomic E-state index is 12.4. The number of benzene rings is 1. The van der Waals surface area contributed by atoms with Gasteiger partial charge in [0.15, 0.2) is 0 Å². The summed E-state index contributed by atoms with van der Waals surface area (Å²) in [5.74, 6) is -3.12. The Balaban J connectivity index is 3.37. The van der Waals surface area contributed by atoms with E-state index in [9.17, 15) is 27.5 Å². The first kappa shape index (κ1) is 10.5. The van der Waals surface area contributed by atoms with Crippen molar-refractivity contribution in [3.8, 4) is 0 Å². The van der Waals surface area contributed by atoms with Gasteiger partial charge in [-0.15, -0.1) is 0 Å². The molecule has 6 heteroatoms. The molecule has 0 bridgehead atoms. The van der Waals surface area contributed by atoms with Crippen molar-refractivity contribution in [2.45, 2.75) is 6.18 Å². The molecule has 0 spiro atoms. The standard InChI is InChI=1S/C8H4F4O2/c9-4-1-2-6(8(10,11)12)5(3-4)7(13)14/h1-3H,(H,13,14)/p-1. The van der Waals surface area contributed by atoms with Crippen LogP contribution < -0.4 is 5.11 Å². The number of halogens is 4. The lowest BCUT2D eigenvalue weighted by atomic mass is 10.1. The normalized spacial score (nSPS) is 11.4. The molecule has 0 aliphatic carbocycles. The van der Waals surface area contributed by atoms with E-state index in [0.717, 1.165) is 0 Å². The van der Waals surface area contributed by atoms with Gasteiger partial charge < -0.3 is 9.90 Å². The number of carbonyl (C=O) groups is 1. The van der Waals surface area contributed by atoms with Gasteiger partial charge in [-0.1, -0.05) is 0 Å². The monoisotopic (exact) mass is 207 g/mol. The van der Waals surface area contributed by atoms with Gasteiger partial charge in [-0.25, -0.2) is 4.39 Å². The van der Waals surface area contributed by atoms with Crippen molar-refractivity contribution in [2.24, 2.45) is 0 Å². The Kier molecular flexibility index (Phi) is 2.46. The summed E-state index contributed by atoms with van der Waals surface area (Å²) in [6.45, 7) is 0. The van der Waals surface area contributed by atoms with Gasteiger partial charge in [-0.05, 0) is 18.2 Å². The summed E-state index contributed by atoms with van der Waals surface area (Å²) >= 11 is 0. The van der Waals surface area contributed by atoms with E-state index >= 15 is 0 Å². The van der Waals surface area contributed by atoms with Crippen LogP contribution in [0.2, 0.25) is 0 Å². The van der Waals surface area contributed by atoms with Crippen molar-refractivity contribution < 1.29 is 27.5 Å². The van der Waals surface area contributed by atoms with E-state index in [2.05, 4.69) is 0 Å². The minimum absolute atomic E-state index is 0.276. The average molecular weight is 207 g/mol. The van der Waals surface area contributed by atoms with E-state index in [-0.39, 0.29) is 6.07 Å². The SMILES string of the molecule is O=C([O-])c1cc(F)ccc1C(F)(F)F. The number of carbonyl (C=O) groups excluding carboxylic acids is 1. The minimum atomic E-state index is -4.83. The van der Waals surface area contributed by atoms with Crippen molar-refractivity contribution in [3.05, 3.63) is 35.1 Å². The molecule has 14 heavy (non-hydrogen) atoms. The Morgan fingerprint density at radius 1 is 1.29 bits per heavy atom. The minimum Gasteiger partial charge on any atom is -0.545 e. The topological polar surface area (TPSA) is 40.1 Å². The van der Waals surface area contributed by atoms with E-state index in [4.69, 9.17) is 0 Å². The van der Waals surface area contributed by atoms with Crippen LogP contribution in [0.5, 0.6) is 0 Å². The van der Waals surface area contributed by atoms with Gasteiger partial charge in [-0.2, -0.15) is 13.2 Å². The zero-order valence-corrected chi connectivity index (χ0v) is 6.56. The summed E-state index contributed by atoms with van der Waals surface area (Å²) in [7, 11) is 0. The third kappa shape index (κ3) is 2.01. The van der Waals surface area contributed by atoms with Gasteiger partial charge in [0.25, 0.3) is 0 Å². The molecule has 1 aromatic carbocycles. The van der Waals surface area contributed by atoms with Crippen LogP contribution in [0.4, 0.5) is 17.6 Å². The summed E-state index contributed by atoms with van der Waals surface area (Å²) < 4.78 is 48.8. The largest absolute Gasteiger partial charge is 0.545 e. The molecular formula is C8H3F4O2-. The molecule has 1 aromatic rings. The molecule has 76 valence electrons. The Labute approximate surface area is 75.8 Å². The molecule has 2 nitrogen and oxygen atoms in total. The number of rotatable bonds is 1. The summed E-state index contributed by atoms with van der Waals surface area (Å²) in [6, 6.07) is 1.17. The maximum absolute atomic E-state index is 12.4. The van der Waals surface area contributed by atoms with Crippen molar-refractivity contribution in [2.75, 3.05) is 0 Å². The molecule has 0 aromatic heterocycles. The first-order valence-electron chi connectivity index (χ1n) is 3.40. The van der Waals surface area contributed by atoms with Crippen LogP contribution in [0, 0.1) is 5.82 Å². The van der Waals surface area contributed by atoms with E-state index in [1.54, 1.807) is 0 Å². The first-order valence-corrected chi connectivity index (χ1v) is 3.40. The summed E-state index contributed by atoms with van der Waals surface area (Å²) in [5.41, 5.74) is -2.61. The second kappa shape index (κ2) is 3.28. The quantitative estimate of drug-likeness (QED) is 0.649. The second-order valence-corrected chi connectivity index (χ2v) is 2.48. The van der Waals surface area contributed by atoms with Gasteiger partial charge in [0.1, 0.15) is 5.82 Å². The van der Waals surface area contributed by atoms with Crippen LogP contribution in [-0.4, -0.2) is 5.97 Å². The van der Waals surface area contributed by atoms with E-state index in [0.29, 0.717) is 12.1 Å². The highest BCUT2D eigenvalue weighted by Gasteiger charge is 2.33. The summed E-state index contributed by atoms with van der Waals surface area (Å²) in [4.78, 5) is 10.2. The van der Waals surface area contributed by atoms with Crippen LogP contribution in [0.15, 0.2) is 18.2 Å². The number of hydrogen-bond acceptors (Lipinski definition) is 2. The van der Waals surface area contributed by atoms with Gasteiger partial charge >= 0.3 is 6.18 Å². The highest BCUT2D eigenvalue weighted by Crippen LogP contribution is 2.31. The fraction of sp³-hybridized carbons (Fsp3) is 0.125. The van der Waals surface area contributed by atoms with Crippen molar-refractivity contribution >= 4 is 5.97 Å². The molecular weight excluding hydrogens is 204 g/mol. The molecule has 0 aliphatic heterocycles. The van der Waals surface area contributed by atoms with Gasteiger partial charge in [0.2, 0.25) is 0 Å².